The van der Waals surface area contributed by atoms with E-state index in [1.54, 1.807) is 0 Å². The summed E-state index contributed by atoms with van der Waals surface area (Å²) in [5, 5.41) is 10.3. The zero-order chi connectivity index (χ0) is 17.4. The maximum Gasteiger partial charge on any atom is 0.0256 e. The first-order chi connectivity index (χ1) is 12.2. The van der Waals surface area contributed by atoms with Crippen molar-refractivity contribution in [1.82, 2.24) is 0 Å². The number of allylic oxidation sites excluding steroid dienone is 4. The van der Waals surface area contributed by atoms with Gasteiger partial charge >= 0.3 is 0 Å². The summed E-state index contributed by atoms with van der Waals surface area (Å²) in [6, 6.07) is 21.3. The molecular formula is C24H21N. The Hall–Kier alpha value is -2.93. The highest BCUT2D eigenvalue weighted by molar-refractivity contribution is 6.05. The van der Waals surface area contributed by atoms with Crippen molar-refractivity contribution in [3.05, 3.63) is 89.0 Å². The van der Waals surface area contributed by atoms with Crippen LogP contribution in [0.2, 0.25) is 0 Å². The number of fused-ring (bicyclic) bond motifs is 1. The number of hydrogen-bond acceptors (Lipinski definition) is 1. The molecule has 3 aromatic rings. The van der Waals surface area contributed by atoms with Gasteiger partial charge in [0.1, 0.15) is 0 Å². The van der Waals surface area contributed by atoms with Gasteiger partial charge in [0, 0.05) is 11.8 Å². The highest BCUT2D eigenvalue weighted by Crippen LogP contribution is 2.37. The van der Waals surface area contributed by atoms with E-state index in [1.165, 1.54) is 44.8 Å². The number of nitrogens with one attached hydrogen (secondary N) is 1. The third kappa shape index (κ3) is 2.62. The molecule has 1 aliphatic carbocycles. The van der Waals surface area contributed by atoms with Crippen LogP contribution in [-0.2, 0) is 0 Å². The van der Waals surface area contributed by atoms with Gasteiger partial charge in [0.05, 0.1) is 0 Å². The van der Waals surface area contributed by atoms with Gasteiger partial charge in [-0.15, -0.1) is 0 Å². The maximum atomic E-state index is 7.85. The lowest BCUT2D eigenvalue weighted by atomic mass is 9.91. The van der Waals surface area contributed by atoms with Crippen molar-refractivity contribution >= 4 is 22.6 Å². The molecule has 122 valence electrons. The first kappa shape index (κ1) is 15.6. The van der Waals surface area contributed by atoms with Gasteiger partial charge in [0.2, 0.25) is 0 Å². The molecule has 0 saturated carbocycles. The average molecular weight is 323 g/mol. The zero-order valence-corrected chi connectivity index (χ0v) is 14.6. The molecule has 25 heavy (non-hydrogen) atoms. The quantitative estimate of drug-likeness (QED) is 0.523. The van der Waals surface area contributed by atoms with E-state index < -0.39 is 0 Å². The van der Waals surface area contributed by atoms with E-state index in [0.717, 1.165) is 17.5 Å². The van der Waals surface area contributed by atoms with Crippen LogP contribution >= 0.6 is 0 Å². The largest absolute Gasteiger partial charge is 0.308 e. The average Bonchev–Trinajstić information content (AvgIpc) is 2.99. The van der Waals surface area contributed by atoms with Crippen molar-refractivity contribution in [3.63, 3.8) is 0 Å². The third-order valence-electron chi connectivity index (χ3n) is 5.27. The van der Waals surface area contributed by atoms with Gasteiger partial charge in [0.15, 0.2) is 0 Å². The highest BCUT2D eigenvalue weighted by Gasteiger charge is 2.14. The van der Waals surface area contributed by atoms with E-state index in [2.05, 4.69) is 74.5 Å². The molecule has 1 heteroatoms. The topological polar surface area (TPSA) is 23.9 Å². The summed E-state index contributed by atoms with van der Waals surface area (Å²) in [4.78, 5) is 0. The minimum absolute atomic E-state index is 0.960. The fraction of sp³-hybridized carbons (Fsp3) is 0.125. The Kier molecular flexibility index (Phi) is 3.85. The second-order valence-corrected chi connectivity index (χ2v) is 6.67. The maximum absolute atomic E-state index is 7.85. The van der Waals surface area contributed by atoms with Crippen LogP contribution in [0.4, 0.5) is 0 Å². The van der Waals surface area contributed by atoms with E-state index in [9.17, 15) is 0 Å². The molecule has 1 nitrogen and oxygen atoms in total. The Labute approximate surface area is 148 Å². The standard InChI is InChI=1S/C24H21N/c1-16-10-13-22(17(16)2)19-7-5-8-20(14-19)24-21(15-25)12-11-18-6-3-4-9-23(18)24/h3-12,14-15,25H,13H2,1-2H3. The molecule has 0 fully saturated rings. The molecule has 0 atom stereocenters. The van der Waals surface area contributed by atoms with Crippen molar-refractivity contribution in [2.45, 2.75) is 20.3 Å². The van der Waals surface area contributed by atoms with Crippen molar-refractivity contribution in [2.24, 2.45) is 0 Å². The molecule has 0 spiro atoms. The molecule has 0 heterocycles. The summed E-state index contributed by atoms with van der Waals surface area (Å²) in [7, 11) is 0. The summed E-state index contributed by atoms with van der Waals surface area (Å²) in [6.45, 7) is 4.39. The van der Waals surface area contributed by atoms with Crippen molar-refractivity contribution in [3.8, 4) is 11.1 Å². The third-order valence-corrected chi connectivity index (χ3v) is 5.27. The lowest BCUT2D eigenvalue weighted by Crippen LogP contribution is -1.92. The van der Waals surface area contributed by atoms with E-state index in [-0.39, 0.29) is 0 Å². The van der Waals surface area contributed by atoms with Crippen LogP contribution in [-0.4, -0.2) is 6.21 Å². The predicted octanol–water partition coefficient (Wildman–Crippen LogP) is 6.63. The normalized spacial score (nSPS) is 14.1. The molecular weight excluding hydrogens is 302 g/mol. The van der Waals surface area contributed by atoms with Crippen LogP contribution in [0.1, 0.15) is 31.4 Å². The van der Waals surface area contributed by atoms with E-state index in [1.807, 2.05) is 6.07 Å². The molecule has 1 N–H and O–H groups in total. The van der Waals surface area contributed by atoms with Gasteiger partial charge < -0.3 is 5.41 Å². The minimum Gasteiger partial charge on any atom is -0.308 e. The van der Waals surface area contributed by atoms with Gasteiger partial charge in [0.25, 0.3) is 0 Å². The van der Waals surface area contributed by atoms with Crippen molar-refractivity contribution in [1.29, 1.82) is 5.41 Å². The second kappa shape index (κ2) is 6.18. The summed E-state index contributed by atoms with van der Waals surface area (Å²) in [5.74, 6) is 0. The number of hydrogen-bond donors (Lipinski definition) is 1. The number of rotatable bonds is 3. The molecule has 0 radical (unpaired) electrons. The Balaban J connectivity index is 1.94. The molecule has 0 aliphatic heterocycles. The van der Waals surface area contributed by atoms with Crippen LogP contribution < -0.4 is 0 Å². The molecule has 0 unspecified atom stereocenters. The van der Waals surface area contributed by atoms with Crippen LogP contribution in [0.3, 0.4) is 0 Å². The molecule has 0 saturated heterocycles. The van der Waals surface area contributed by atoms with E-state index in [0.29, 0.717) is 0 Å². The van der Waals surface area contributed by atoms with Crippen LogP contribution in [0.25, 0.3) is 27.5 Å². The first-order valence-corrected chi connectivity index (χ1v) is 8.69. The predicted molar refractivity (Wildman–Crippen MR) is 108 cm³/mol. The molecule has 3 aromatic carbocycles. The van der Waals surface area contributed by atoms with E-state index in [4.69, 9.17) is 5.41 Å². The Morgan fingerprint density at radius 3 is 2.44 bits per heavy atom. The van der Waals surface area contributed by atoms with Crippen LogP contribution in [0.15, 0.2) is 77.9 Å². The van der Waals surface area contributed by atoms with Gasteiger partial charge in [-0.1, -0.05) is 66.2 Å². The SMILES string of the molecule is CC1=CCC(c2cccc(-c3c(C=N)ccc4ccccc34)c2)=C1C. The fourth-order valence-electron chi connectivity index (χ4n) is 3.73. The van der Waals surface area contributed by atoms with Gasteiger partial charge in [-0.25, -0.2) is 0 Å². The highest BCUT2D eigenvalue weighted by atomic mass is 14.3. The van der Waals surface area contributed by atoms with Crippen molar-refractivity contribution < 1.29 is 0 Å². The van der Waals surface area contributed by atoms with Gasteiger partial charge in [-0.05, 0) is 64.9 Å². The smallest absolute Gasteiger partial charge is 0.0256 e. The van der Waals surface area contributed by atoms with Crippen LogP contribution in [0, 0.1) is 5.41 Å². The summed E-state index contributed by atoms with van der Waals surface area (Å²) < 4.78 is 0. The lowest BCUT2D eigenvalue weighted by Gasteiger charge is -2.13. The van der Waals surface area contributed by atoms with Crippen molar-refractivity contribution in [2.75, 3.05) is 0 Å². The Bertz CT molecular complexity index is 1050. The molecule has 0 amide bonds. The molecule has 0 aromatic heterocycles. The second-order valence-electron chi connectivity index (χ2n) is 6.67. The minimum atomic E-state index is 0.960. The first-order valence-electron chi connectivity index (χ1n) is 8.69. The van der Waals surface area contributed by atoms with E-state index >= 15 is 0 Å². The zero-order valence-electron chi connectivity index (χ0n) is 14.6. The summed E-state index contributed by atoms with van der Waals surface area (Å²) in [6.07, 6.45) is 4.77. The summed E-state index contributed by atoms with van der Waals surface area (Å²) >= 11 is 0. The monoisotopic (exact) mass is 323 g/mol. The molecule has 4 rings (SSSR count). The summed E-state index contributed by atoms with van der Waals surface area (Å²) in [5.41, 5.74) is 8.76. The van der Waals surface area contributed by atoms with Gasteiger partial charge in [-0.3, -0.25) is 0 Å². The lowest BCUT2D eigenvalue weighted by molar-refractivity contribution is 1.38. The fourth-order valence-corrected chi connectivity index (χ4v) is 3.73. The molecule has 1 aliphatic rings. The Morgan fingerprint density at radius 1 is 0.880 bits per heavy atom. The Morgan fingerprint density at radius 2 is 1.68 bits per heavy atom. The van der Waals surface area contributed by atoms with Gasteiger partial charge in [-0.2, -0.15) is 0 Å². The number of benzene rings is 3. The van der Waals surface area contributed by atoms with Crippen LogP contribution in [0.5, 0.6) is 0 Å². The molecule has 0 bridgehead atoms.